The molecule has 0 aliphatic carbocycles. The zero-order chi connectivity index (χ0) is 21.4. The first kappa shape index (κ1) is 19.4. The summed E-state index contributed by atoms with van der Waals surface area (Å²) in [5.41, 5.74) is 2.99. The molecule has 8 nitrogen and oxygen atoms in total. The molecule has 5 rings (SSSR count). The molecule has 1 amide bonds. The fourth-order valence-corrected chi connectivity index (χ4v) is 4.12. The summed E-state index contributed by atoms with van der Waals surface area (Å²) in [6.45, 7) is 3.26. The maximum Gasteiger partial charge on any atom is 0.277 e. The number of benzene rings is 2. The van der Waals surface area contributed by atoms with Crippen molar-refractivity contribution in [2.75, 3.05) is 19.6 Å². The third-order valence-electron chi connectivity index (χ3n) is 5.68. The lowest BCUT2D eigenvalue weighted by molar-refractivity contribution is 0.0947. The summed E-state index contributed by atoms with van der Waals surface area (Å²) in [7, 11) is 0. The Morgan fingerprint density at radius 2 is 2.03 bits per heavy atom. The van der Waals surface area contributed by atoms with Crippen molar-refractivity contribution in [3.8, 4) is 0 Å². The molecule has 31 heavy (non-hydrogen) atoms. The average molecular weight is 420 g/mol. The first-order valence-corrected chi connectivity index (χ1v) is 10.2. The molecule has 2 N–H and O–H groups in total. The van der Waals surface area contributed by atoms with Crippen molar-refractivity contribution in [1.82, 2.24) is 30.0 Å². The molecule has 0 atom stereocenters. The highest BCUT2D eigenvalue weighted by Gasteiger charge is 2.20. The van der Waals surface area contributed by atoms with Crippen LogP contribution in [0, 0.1) is 5.82 Å². The van der Waals surface area contributed by atoms with Crippen LogP contribution < -0.4 is 10.9 Å². The lowest BCUT2D eigenvalue weighted by atomic mass is 10.00. The number of amides is 1. The first-order chi connectivity index (χ1) is 15.1. The van der Waals surface area contributed by atoms with Gasteiger partial charge in [0.25, 0.3) is 11.5 Å². The molecule has 0 radical (unpaired) electrons. The van der Waals surface area contributed by atoms with Gasteiger partial charge in [-0.1, -0.05) is 29.5 Å². The second-order valence-electron chi connectivity index (χ2n) is 7.72. The largest absolute Gasteiger partial charge is 0.351 e. The minimum atomic E-state index is -0.541. The molecule has 0 saturated carbocycles. The van der Waals surface area contributed by atoms with Crippen LogP contribution in [0.25, 0.3) is 16.6 Å². The maximum atomic E-state index is 13.4. The van der Waals surface area contributed by atoms with Crippen molar-refractivity contribution in [2.45, 2.75) is 19.4 Å². The summed E-state index contributed by atoms with van der Waals surface area (Å²) >= 11 is 0. The monoisotopic (exact) mass is 420 g/mol. The molecule has 9 heteroatoms. The van der Waals surface area contributed by atoms with Crippen molar-refractivity contribution >= 4 is 22.5 Å². The Morgan fingerprint density at radius 3 is 2.90 bits per heavy atom. The molecule has 158 valence electrons. The summed E-state index contributed by atoms with van der Waals surface area (Å²) < 4.78 is 14.7. The summed E-state index contributed by atoms with van der Waals surface area (Å²) in [5, 5.41) is 10.7. The van der Waals surface area contributed by atoms with E-state index >= 15 is 0 Å². The number of halogens is 1. The summed E-state index contributed by atoms with van der Waals surface area (Å²) in [4.78, 5) is 30.0. The van der Waals surface area contributed by atoms with Crippen LogP contribution in [0.15, 0.2) is 47.3 Å². The van der Waals surface area contributed by atoms with E-state index < -0.39 is 17.3 Å². The molecule has 0 spiro atoms. The Bertz CT molecular complexity index is 1350. The normalized spacial score (nSPS) is 14.1. The van der Waals surface area contributed by atoms with Gasteiger partial charge in [-0.25, -0.2) is 8.91 Å². The standard InChI is InChI=1S/C22H21FN6O2/c23-16-6-7-18-17(12-16)25-22(31)20-19(26-27-29(18)20)21(30)24-9-3-10-28-11-8-14-4-1-2-5-15(14)13-28/h1-2,4-7,12H,3,8-11,13H2,(H,24,30)(H,25,31). The molecule has 0 bridgehead atoms. The van der Waals surface area contributed by atoms with E-state index in [9.17, 15) is 14.0 Å². The number of carbonyl (C=O) groups is 1. The predicted octanol–water partition coefficient (Wildman–Crippen LogP) is 1.89. The summed E-state index contributed by atoms with van der Waals surface area (Å²) in [5.74, 6) is -0.927. The molecule has 4 aromatic rings. The molecule has 0 fully saturated rings. The highest BCUT2D eigenvalue weighted by atomic mass is 19.1. The number of nitrogens with zero attached hydrogens (tertiary/aromatic N) is 4. The van der Waals surface area contributed by atoms with Crippen LogP contribution >= 0.6 is 0 Å². The van der Waals surface area contributed by atoms with Crippen LogP contribution in [-0.2, 0) is 13.0 Å². The quantitative estimate of drug-likeness (QED) is 0.481. The Balaban J connectivity index is 1.24. The first-order valence-electron chi connectivity index (χ1n) is 10.2. The number of carbonyl (C=O) groups excluding carboxylic acids is 1. The van der Waals surface area contributed by atoms with Crippen LogP contribution in [0.3, 0.4) is 0 Å². The van der Waals surface area contributed by atoms with E-state index in [4.69, 9.17) is 0 Å². The molecule has 1 aliphatic rings. The van der Waals surface area contributed by atoms with Gasteiger partial charge >= 0.3 is 0 Å². The Kier molecular flexibility index (Phi) is 4.95. The maximum absolute atomic E-state index is 13.4. The molecule has 3 heterocycles. The molecule has 2 aromatic heterocycles. The van der Waals surface area contributed by atoms with E-state index in [1.807, 2.05) is 0 Å². The number of nitrogens with one attached hydrogen (secondary N) is 2. The van der Waals surface area contributed by atoms with Gasteiger partial charge in [0.2, 0.25) is 0 Å². The van der Waals surface area contributed by atoms with Gasteiger partial charge in [0.05, 0.1) is 11.0 Å². The number of hydrogen-bond acceptors (Lipinski definition) is 5. The lowest BCUT2D eigenvalue weighted by Crippen LogP contribution is -2.34. The Morgan fingerprint density at radius 1 is 1.19 bits per heavy atom. The molecule has 0 saturated heterocycles. The minimum Gasteiger partial charge on any atom is -0.351 e. The van der Waals surface area contributed by atoms with Crippen molar-refractivity contribution in [2.24, 2.45) is 0 Å². The number of H-pyrrole nitrogens is 1. The smallest absolute Gasteiger partial charge is 0.277 e. The van der Waals surface area contributed by atoms with Crippen molar-refractivity contribution in [3.63, 3.8) is 0 Å². The number of rotatable bonds is 5. The highest BCUT2D eigenvalue weighted by molar-refractivity contribution is 5.99. The number of aromatic amines is 1. The van der Waals surface area contributed by atoms with Gasteiger partial charge < -0.3 is 10.3 Å². The van der Waals surface area contributed by atoms with Crippen LogP contribution in [-0.4, -0.2) is 50.3 Å². The molecule has 0 unspecified atom stereocenters. The van der Waals surface area contributed by atoms with Crippen LogP contribution in [0.1, 0.15) is 28.0 Å². The second-order valence-corrected chi connectivity index (χ2v) is 7.72. The van der Waals surface area contributed by atoms with Gasteiger partial charge in [0, 0.05) is 26.2 Å². The van der Waals surface area contributed by atoms with Gasteiger partial charge in [-0.3, -0.25) is 14.5 Å². The average Bonchev–Trinajstić information content (AvgIpc) is 3.22. The lowest BCUT2D eigenvalue weighted by Gasteiger charge is -2.28. The number of hydrogen-bond donors (Lipinski definition) is 2. The third kappa shape index (κ3) is 3.68. The molecule has 2 aromatic carbocycles. The molecular formula is C22H21FN6O2. The number of fused-ring (bicyclic) bond motifs is 4. The fraction of sp³-hybridized carbons (Fsp3) is 0.273. The van der Waals surface area contributed by atoms with E-state index in [0.29, 0.717) is 12.1 Å². The zero-order valence-corrected chi connectivity index (χ0v) is 16.8. The highest BCUT2D eigenvalue weighted by Crippen LogP contribution is 2.18. The van der Waals surface area contributed by atoms with E-state index in [-0.39, 0.29) is 16.7 Å². The SMILES string of the molecule is O=C(NCCCN1CCc2ccccc2C1)c1nnn2c1c(=O)[nH]c1cc(F)ccc12. The Labute approximate surface area is 176 Å². The topological polar surface area (TPSA) is 95.4 Å². The van der Waals surface area contributed by atoms with Gasteiger partial charge in [-0.05, 0) is 42.2 Å². The van der Waals surface area contributed by atoms with Gasteiger partial charge in [-0.15, -0.1) is 5.10 Å². The van der Waals surface area contributed by atoms with Gasteiger partial charge in [-0.2, -0.15) is 0 Å². The van der Waals surface area contributed by atoms with Gasteiger partial charge in [0.15, 0.2) is 11.2 Å². The van der Waals surface area contributed by atoms with Crippen LogP contribution in [0.5, 0.6) is 0 Å². The van der Waals surface area contributed by atoms with E-state index in [1.54, 1.807) is 0 Å². The zero-order valence-electron chi connectivity index (χ0n) is 16.8. The molecule has 1 aliphatic heterocycles. The van der Waals surface area contributed by atoms with Gasteiger partial charge in [0.1, 0.15) is 5.82 Å². The summed E-state index contributed by atoms with van der Waals surface area (Å²) in [6, 6.07) is 12.4. The van der Waals surface area contributed by atoms with Crippen LogP contribution in [0.2, 0.25) is 0 Å². The molecular weight excluding hydrogens is 399 g/mol. The predicted molar refractivity (Wildman–Crippen MR) is 113 cm³/mol. The van der Waals surface area contributed by atoms with Crippen molar-refractivity contribution < 1.29 is 9.18 Å². The summed E-state index contributed by atoms with van der Waals surface area (Å²) in [6.07, 6.45) is 1.82. The van der Waals surface area contributed by atoms with Crippen molar-refractivity contribution in [3.05, 3.63) is 75.5 Å². The van der Waals surface area contributed by atoms with Crippen LogP contribution in [0.4, 0.5) is 4.39 Å². The van der Waals surface area contributed by atoms with E-state index in [2.05, 4.69) is 49.8 Å². The minimum absolute atomic E-state index is 0.0422. The number of aromatic nitrogens is 4. The second kappa shape index (κ2) is 7.92. The van der Waals surface area contributed by atoms with E-state index in [0.717, 1.165) is 32.5 Å². The Hall–Kier alpha value is -3.59. The van der Waals surface area contributed by atoms with E-state index in [1.165, 1.54) is 33.8 Å². The third-order valence-corrected chi connectivity index (χ3v) is 5.68. The van der Waals surface area contributed by atoms with Crippen molar-refractivity contribution in [1.29, 1.82) is 0 Å². The fourth-order valence-electron chi connectivity index (χ4n) is 4.12.